The fraction of sp³-hybridized carbons (Fsp3) is 0.321. The quantitative estimate of drug-likeness (QED) is 0.382. The van der Waals surface area contributed by atoms with Crippen molar-refractivity contribution in [1.29, 1.82) is 0 Å². The molecule has 1 aromatic carbocycles. The molecule has 7 heteroatoms. The van der Waals surface area contributed by atoms with Crippen molar-refractivity contribution in [3.8, 4) is 17.1 Å². The van der Waals surface area contributed by atoms with Crippen molar-refractivity contribution in [2.24, 2.45) is 0 Å². The molecular weight excluding hydrogens is 460 g/mol. The lowest BCUT2D eigenvalue weighted by Gasteiger charge is -2.31. The Morgan fingerprint density at radius 2 is 1.86 bits per heavy atom. The van der Waals surface area contributed by atoms with E-state index in [2.05, 4.69) is 55.6 Å². The van der Waals surface area contributed by atoms with Gasteiger partial charge in [-0.3, -0.25) is 4.98 Å². The molecule has 0 atom stereocenters. The van der Waals surface area contributed by atoms with Crippen LogP contribution in [0.3, 0.4) is 0 Å². The van der Waals surface area contributed by atoms with E-state index < -0.39 is 0 Å². The number of hydrogen-bond acceptors (Lipinski definition) is 6. The van der Waals surface area contributed by atoms with Crippen LogP contribution in [0.2, 0.25) is 5.02 Å². The number of methoxy groups -OCH3 is 1. The first-order chi connectivity index (χ1) is 16.7. The summed E-state index contributed by atoms with van der Waals surface area (Å²) in [5, 5.41) is 0.583. The lowest BCUT2D eigenvalue weighted by atomic mass is 9.95. The molecule has 0 N–H and O–H groups in total. The maximum Gasteiger partial charge on any atom is 0.134 e. The van der Waals surface area contributed by atoms with Crippen LogP contribution in [-0.4, -0.2) is 28.6 Å². The van der Waals surface area contributed by atoms with E-state index >= 15 is 0 Å². The molecule has 0 unspecified atom stereocenters. The summed E-state index contributed by atoms with van der Waals surface area (Å²) in [4.78, 5) is 15.9. The molecule has 0 amide bonds. The van der Waals surface area contributed by atoms with Crippen LogP contribution in [0.4, 0.5) is 5.69 Å². The van der Waals surface area contributed by atoms with Crippen molar-refractivity contribution in [3.05, 3.63) is 88.3 Å². The van der Waals surface area contributed by atoms with Gasteiger partial charge in [-0.1, -0.05) is 44.5 Å². The van der Waals surface area contributed by atoms with Crippen LogP contribution in [0.25, 0.3) is 11.4 Å². The Morgan fingerprint density at radius 1 is 1.06 bits per heavy atom. The van der Waals surface area contributed by atoms with Gasteiger partial charge < -0.3 is 14.4 Å². The van der Waals surface area contributed by atoms with Gasteiger partial charge in [-0.05, 0) is 55.3 Å². The third-order valence-corrected chi connectivity index (χ3v) is 6.12. The van der Waals surface area contributed by atoms with Crippen molar-refractivity contribution in [2.45, 2.75) is 46.6 Å². The number of halogens is 1. The average Bonchev–Trinajstić information content (AvgIpc) is 2.84. The first kappa shape index (κ1) is 24.7. The second-order valence-corrected chi connectivity index (χ2v) is 10.1. The van der Waals surface area contributed by atoms with Gasteiger partial charge in [0.2, 0.25) is 0 Å². The second kappa shape index (κ2) is 10.1. The predicted octanol–water partition coefficient (Wildman–Crippen LogP) is 6.71. The monoisotopic (exact) mass is 490 g/mol. The van der Waals surface area contributed by atoms with Crippen LogP contribution < -0.4 is 9.64 Å². The molecular formula is C28H31ClN4O2. The minimum atomic E-state index is -0.152. The number of rotatable bonds is 6. The summed E-state index contributed by atoms with van der Waals surface area (Å²) >= 11 is 6.62. The van der Waals surface area contributed by atoms with Gasteiger partial charge in [-0.15, -0.1) is 0 Å². The molecule has 6 nitrogen and oxygen atoms in total. The third kappa shape index (κ3) is 5.65. The molecule has 0 bridgehead atoms. The van der Waals surface area contributed by atoms with Crippen molar-refractivity contribution in [1.82, 2.24) is 15.0 Å². The van der Waals surface area contributed by atoms with Gasteiger partial charge in [0.1, 0.15) is 23.9 Å². The summed E-state index contributed by atoms with van der Waals surface area (Å²) in [6.45, 7) is 11.5. The van der Waals surface area contributed by atoms with Gasteiger partial charge in [-0.25, -0.2) is 9.97 Å². The molecule has 0 aliphatic carbocycles. The van der Waals surface area contributed by atoms with E-state index in [-0.39, 0.29) is 5.41 Å². The van der Waals surface area contributed by atoms with Crippen LogP contribution in [-0.2, 0) is 16.8 Å². The van der Waals surface area contributed by atoms with Crippen molar-refractivity contribution >= 4 is 17.3 Å². The fourth-order valence-electron chi connectivity index (χ4n) is 3.83. The van der Waals surface area contributed by atoms with E-state index in [0.717, 1.165) is 51.2 Å². The van der Waals surface area contributed by atoms with Crippen LogP contribution in [0.1, 0.15) is 46.0 Å². The highest BCUT2D eigenvalue weighted by Crippen LogP contribution is 2.35. The summed E-state index contributed by atoms with van der Waals surface area (Å²) in [5.41, 5.74) is 5.47. The molecule has 0 fully saturated rings. The molecule has 2 aromatic heterocycles. The number of hydrogen-bond donors (Lipinski definition) is 0. The molecule has 0 saturated carbocycles. The highest BCUT2D eigenvalue weighted by atomic mass is 35.5. The summed E-state index contributed by atoms with van der Waals surface area (Å²) < 4.78 is 11.5. The number of aromatic nitrogens is 3. The lowest BCUT2D eigenvalue weighted by Crippen LogP contribution is -2.27. The summed E-state index contributed by atoms with van der Waals surface area (Å²) in [6, 6.07) is 11.8. The van der Waals surface area contributed by atoms with E-state index in [0.29, 0.717) is 18.2 Å². The highest BCUT2D eigenvalue weighted by Gasteiger charge is 2.22. The zero-order valence-corrected chi connectivity index (χ0v) is 21.8. The van der Waals surface area contributed by atoms with Gasteiger partial charge in [-0.2, -0.15) is 0 Å². The molecule has 0 saturated heterocycles. The van der Waals surface area contributed by atoms with Crippen molar-refractivity contribution < 1.29 is 9.47 Å². The number of ether oxygens (including phenoxy) is 2. The minimum Gasteiger partial charge on any atom is -0.497 e. The number of allylic oxidation sites excluding steroid dienone is 2. The average molecular weight is 491 g/mol. The molecule has 182 valence electrons. The first-order valence-electron chi connectivity index (χ1n) is 11.6. The Morgan fingerprint density at radius 3 is 2.60 bits per heavy atom. The normalized spacial score (nSPS) is 14.1. The number of anilines is 1. The van der Waals surface area contributed by atoms with Gasteiger partial charge in [0.25, 0.3) is 0 Å². The zero-order valence-electron chi connectivity index (χ0n) is 21.1. The smallest absolute Gasteiger partial charge is 0.134 e. The van der Waals surface area contributed by atoms with Crippen LogP contribution in [0.15, 0.2) is 71.9 Å². The van der Waals surface area contributed by atoms with Gasteiger partial charge in [0, 0.05) is 30.1 Å². The highest BCUT2D eigenvalue weighted by molar-refractivity contribution is 6.33. The molecule has 0 spiro atoms. The molecule has 1 aliphatic rings. The Hall–Kier alpha value is -3.38. The predicted molar refractivity (Wildman–Crippen MR) is 141 cm³/mol. The number of pyridine rings is 1. The van der Waals surface area contributed by atoms with E-state index in [1.807, 2.05) is 36.4 Å². The van der Waals surface area contributed by atoms with E-state index in [4.69, 9.17) is 26.1 Å². The van der Waals surface area contributed by atoms with Crippen LogP contribution in [0.5, 0.6) is 5.75 Å². The van der Waals surface area contributed by atoms with E-state index in [1.165, 1.54) is 0 Å². The number of benzene rings is 1. The molecule has 4 rings (SSSR count). The minimum absolute atomic E-state index is 0.152. The van der Waals surface area contributed by atoms with E-state index in [1.54, 1.807) is 19.5 Å². The van der Waals surface area contributed by atoms with Crippen molar-refractivity contribution in [2.75, 3.05) is 18.6 Å². The standard InChI is InChI=1S/C28H31ClN4O2/c1-18-16-33(19(2)12-26(18)35-17-20-8-7-9-21(13-20)34-6)25-14-24(31-15-22(25)29)23-10-11-30-27(32-23)28(3,4)5/h7-15H,16-17H2,1-6H3. The summed E-state index contributed by atoms with van der Waals surface area (Å²) in [7, 11) is 1.67. The molecule has 0 radical (unpaired) electrons. The Kier molecular flexibility index (Phi) is 7.13. The van der Waals surface area contributed by atoms with Crippen LogP contribution >= 0.6 is 11.6 Å². The van der Waals surface area contributed by atoms with Crippen molar-refractivity contribution in [3.63, 3.8) is 0 Å². The molecule has 3 heterocycles. The Balaban J connectivity index is 1.56. The molecule has 35 heavy (non-hydrogen) atoms. The maximum atomic E-state index is 6.62. The lowest BCUT2D eigenvalue weighted by molar-refractivity contribution is 0.205. The zero-order chi connectivity index (χ0) is 25.2. The van der Waals surface area contributed by atoms with Gasteiger partial charge in [0.15, 0.2) is 0 Å². The Labute approximate surface area is 212 Å². The molecule has 1 aliphatic heterocycles. The Bertz CT molecular complexity index is 1290. The molecule has 3 aromatic rings. The summed E-state index contributed by atoms with van der Waals surface area (Å²) in [6.07, 6.45) is 5.52. The third-order valence-electron chi connectivity index (χ3n) is 5.82. The SMILES string of the molecule is COc1cccc(COC2=C(C)CN(c3cc(-c4ccnc(C(C)(C)C)n4)ncc3Cl)C(C)=C2)c1. The summed E-state index contributed by atoms with van der Waals surface area (Å²) in [5.74, 6) is 2.47. The van der Waals surface area contributed by atoms with Gasteiger partial charge >= 0.3 is 0 Å². The second-order valence-electron chi connectivity index (χ2n) is 9.69. The number of nitrogens with zero attached hydrogens (tertiary/aromatic N) is 4. The first-order valence-corrected chi connectivity index (χ1v) is 11.9. The van der Waals surface area contributed by atoms with Gasteiger partial charge in [0.05, 0.1) is 29.2 Å². The fourth-order valence-corrected chi connectivity index (χ4v) is 4.04. The maximum absolute atomic E-state index is 6.62. The largest absolute Gasteiger partial charge is 0.497 e. The topological polar surface area (TPSA) is 60.4 Å². The van der Waals surface area contributed by atoms with Crippen LogP contribution in [0, 0.1) is 0 Å². The van der Waals surface area contributed by atoms with E-state index in [9.17, 15) is 0 Å².